The van der Waals surface area contributed by atoms with Crippen molar-refractivity contribution in [2.24, 2.45) is 0 Å². The van der Waals surface area contributed by atoms with Crippen LogP contribution in [-0.4, -0.2) is 6.54 Å². The van der Waals surface area contributed by atoms with Gasteiger partial charge in [0, 0.05) is 18.7 Å². The van der Waals surface area contributed by atoms with Gasteiger partial charge in [0.2, 0.25) is 0 Å². The quantitative estimate of drug-likeness (QED) is 0.196. The fourth-order valence-corrected chi connectivity index (χ4v) is 4.48. The normalized spacial score (nSPS) is 12.5. The van der Waals surface area contributed by atoms with Crippen molar-refractivity contribution in [3.63, 3.8) is 0 Å². The first kappa shape index (κ1) is 26.7. The molecule has 0 bridgehead atoms. The smallest absolute Gasteiger partial charge is 0.0143 e. The maximum atomic E-state index is 4.64. The topological polar surface area (TPSA) is 12.0 Å². The third-order valence-corrected chi connectivity index (χ3v) is 6.53. The summed E-state index contributed by atoms with van der Waals surface area (Å²) in [6.07, 6.45) is 9.33. The summed E-state index contributed by atoms with van der Waals surface area (Å²) in [5, 5.41) is 3.72. The first-order valence-electron chi connectivity index (χ1n) is 12.8. The van der Waals surface area contributed by atoms with Crippen molar-refractivity contribution in [2.75, 3.05) is 6.54 Å². The lowest BCUT2D eigenvalue weighted by molar-refractivity contribution is 0.629. The average Bonchev–Trinajstić information content (AvgIpc) is 2.77. The van der Waals surface area contributed by atoms with E-state index in [1.165, 1.54) is 81.5 Å². The lowest BCUT2D eigenvalue weighted by Crippen LogP contribution is -2.16. The summed E-state index contributed by atoms with van der Waals surface area (Å²) in [4.78, 5) is 0. The fourth-order valence-electron chi connectivity index (χ4n) is 4.48. The molecular weight excluding hydrogens is 398 g/mol. The van der Waals surface area contributed by atoms with Crippen LogP contribution in [0.4, 0.5) is 0 Å². The van der Waals surface area contributed by atoms with Crippen LogP contribution in [0.5, 0.6) is 0 Å². The molecular formula is C32H45N. The van der Waals surface area contributed by atoms with E-state index in [2.05, 4.69) is 103 Å². The predicted octanol–water partition coefficient (Wildman–Crippen LogP) is 9.26. The molecule has 1 heteroatoms. The molecule has 0 aliphatic carbocycles. The number of rotatable bonds is 12. The highest BCUT2D eigenvalue weighted by molar-refractivity contribution is 5.98. The van der Waals surface area contributed by atoms with Gasteiger partial charge in [-0.2, -0.15) is 0 Å². The largest absolute Gasteiger partial charge is 0.388 e. The molecule has 2 rings (SSSR count). The van der Waals surface area contributed by atoms with Crippen molar-refractivity contribution < 1.29 is 0 Å². The van der Waals surface area contributed by atoms with Gasteiger partial charge in [0.25, 0.3) is 0 Å². The first-order valence-corrected chi connectivity index (χ1v) is 12.8. The summed E-state index contributed by atoms with van der Waals surface area (Å²) < 4.78 is 0. The Morgan fingerprint density at radius 2 is 1.61 bits per heavy atom. The van der Waals surface area contributed by atoms with Gasteiger partial charge in [-0.15, -0.1) is 0 Å². The molecule has 0 heterocycles. The van der Waals surface area contributed by atoms with Crippen LogP contribution in [0.1, 0.15) is 92.7 Å². The molecule has 0 spiro atoms. The van der Waals surface area contributed by atoms with Crippen LogP contribution in [0, 0.1) is 27.7 Å². The van der Waals surface area contributed by atoms with Crippen LogP contribution in [0.25, 0.3) is 11.1 Å². The van der Waals surface area contributed by atoms with Crippen molar-refractivity contribution in [2.45, 2.75) is 87.0 Å². The zero-order chi connectivity index (χ0) is 24.4. The second kappa shape index (κ2) is 13.2. The van der Waals surface area contributed by atoms with Gasteiger partial charge in [-0.1, -0.05) is 93.3 Å². The standard InChI is InChI=1S/C32H45N/c1-9-11-12-13-19-33-30(14-10-2)22-26(6)32(28(8)29-17-15-23(3)16-18-29)31-21-24(4)20-25(5)27(31)7/h14-18,20-21,33H,6,9-13,19,22H2,1-5,7-8H3/b30-14+,32-28+. The van der Waals surface area contributed by atoms with E-state index >= 15 is 0 Å². The van der Waals surface area contributed by atoms with E-state index in [4.69, 9.17) is 0 Å². The number of hydrogen-bond donors (Lipinski definition) is 1. The van der Waals surface area contributed by atoms with Gasteiger partial charge in [-0.3, -0.25) is 0 Å². The van der Waals surface area contributed by atoms with E-state index in [9.17, 15) is 0 Å². The van der Waals surface area contributed by atoms with Crippen LogP contribution in [-0.2, 0) is 0 Å². The Hall–Kier alpha value is -2.54. The Balaban J connectivity index is 2.45. The van der Waals surface area contributed by atoms with Gasteiger partial charge in [0.05, 0.1) is 0 Å². The zero-order valence-electron chi connectivity index (χ0n) is 22.2. The summed E-state index contributed by atoms with van der Waals surface area (Å²) in [6.45, 7) is 21.2. The Morgan fingerprint density at radius 1 is 0.909 bits per heavy atom. The van der Waals surface area contributed by atoms with Gasteiger partial charge in [0.1, 0.15) is 0 Å². The van der Waals surface area contributed by atoms with Gasteiger partial charge in [-0.05, 0) is 86.4 Å². The van der Waals surface area contributed by atoms with Crippen LogP contribution in [0.2, 0.25) is 0 Å². The van der Waals surface area contributed by atoms with Gasteiger partial charge < -0.3 is 5.32 Å². The maximum absolute atomic E-state index is 4.64. The molecule has 33 heavy (non-hydrogen) atoms. The molecule has 178 valence electrons. The molecule has 0 saturated heterocycles. The Labute approximate surface area is 203 Å². The predicted molar refractivity (Wildman–Crippen MR) is 149 cm³/mol. The highest BCUT2D eigenvalue weighted by Gasteiger charge is 2.16. The molecule has 2 aromatic rings. The van der Waals surface area contributed by atoms with Gasteiger partial charge >= 0.3 is 0 Å². The minimum Gasteiger partial charge on any atom is -0.388 e. The van der Waals surface area contributed by atoms with Crippen molar-refractivity contribution in [1.82, 2.24) is 5.32 Å². The molecule has 0 atom stereocenters. The van der Waals surface area contributed by atoms with E-state index in [0.717, 1.165) is 19.4 Å². The molecule has 0 amide bonds. The van der Waals surface area contributed by atoms with E-state index < -0.39 is 0 Å². The summed E-state index contributed by atoms with van der Waals surface area (Å²) in [6, 6.07) is 13.5. The number of nitrogens with one attached hydrogen (secondary N) is 1. The fraction of sp³-hybridized carbons (Fsp3) is 0.438. The highest BCUT2D eigenvalue weighted by Crippen LogP contribution is 2.37. The van der Waals surface area contributed by atoms with E-state index in [1.54, 1.807) is 0 Å². The molecule has 0 fully saturated rings. The lowest BCUT2D eigenvalue weighted by atomic mass is 9.84. The Morgan fingerprint density at radius 3 is 2.24 bits per heavy atom. The third kappa shape index (κ3) is 7.77. The summed E-state index contributed by atoms with van der Waals surface area (Å²) in [5.41, 5.74) is 12.9. The van der Waals surface area contributed by atoms with Crippen molar-refractivity contribution in [3.8, 4) is 0 Å². The van der Waals surface area contributed by atoms with Gasteiger partial charge in [0.15, 0.2) is 0 Å². The number of hydrogen-bond acceptors (Lipinski definition) is 1. The highest BCUT2D eigenvalue weighted by atomic mass is 14.9. The summed E-state index contributed by atoms with van der Waals surface area (Å²) in [5.74, 6) is 0. The molecule has 0 unspecified atom stereocenters. The van der Waals surface area contributed by atoms with E-state index in [0.29, 0.717) is 0 Å². The maximum Gasteiger partial charge on any atom is 0.0143 e. The third-order valence-electron chi connectivity index (χ3n) is 6.53. The van der Waals surface area contributed by atoms with Crippen LogP contribution in [0.15, 0.2) is 60.3 Å². The van der Waals surface area contributed by atoms with Crippen LogP contribution >= 0.6 is 0 Å². The summed E-state index contributed by atoms with van der Waals surface area (Å²) >= 11 is 0. The number of unbranched alkanes of at least 4 members (excludes halogenated alkanes) is 3. The summed E-state index contributed by atoms with van der Waals surface area (Å²) in [7, 11) is 0. The molecule has 0 saturated carbocycles. The number of benzene rings is 2. The molecule has 0 aromatic heterocycles. The van der Waals surface area contributed by atoms with Crippen LogP contribution in [0.3, 0.4) is 0 Å². The SMILES string of the molecule is C=C(C/C(=C\CC)NCCCCCC)/C(=C(/C)c1ccc(C)cc1)c1cc(C)cc(C)c1C. The Kier molecular flexibility index (Phi) is 10.7. The Bertz CT molecular complexity index is 986. The molecule has 0 radical (unpaired) electrons. The molecule has 0 aliphatic heterocycles. The molecule has 2 aromatic carbocycles. The number of aryl methyl sites for hydroxylation is 3. The second-order valence-corrected chi connectivity index (χ2v) is 9.53. The lowest BCUT2D eigenvalue weighted by Gasteiger charge is -2.21. The van der Waals surface area contributed by atoms with E-state index in [-0.39, 0.29) is 0 Å². The minimum absolute atomic E-state index is 0.854. The van der Waals surface area contributed by atoms with Crippen LogP contribution < -0.4 is 5.32 Å². The monoisotopic (exact) mass is 443 g/mol. The van der Waals surface area contributed by atoms with Crippen molar-refractivity contribution >= 4 is 11.1 Å². The zero-order valence-corrected chi connectivity index (χ0v) is 22.2. The molecule has 1 N–H and O–H groups in total. The van der Waals surface area contributed by atoms with Gasteiger partial charge in [-0.25, -0.2) is 0 Å². The number of allylic oxidation sites excluding steroid dienone is 4. The average molecular weight is 444 g/mol. The van der Waals surface area contributed by atoms with E-state index in [1.807, 2.05) is 0 Å². The minimum atomic E-state index is 0.854. The first-order chi connectivity index (χ1) is 15.8. The molecule has 0 aliphatic rings. The van der Waals surface area contributed by atoms with Crippen molar-refractivity contribution in [3.05, 3.63) is 93.7 Å². The van der Waals surface area contributed by atoms with Crippen molar-refractivity contribution in [1.29, 1.82) is 0 Å². The molecule has 1 nitrogen and oxygen atoms in total. The second-order valence-electron chi connectivity index (χ2n) is 9.53.